The van der Waals surface area contributed by atoms with Gasteiger partial charge >= 0.3 is 6.09 Å². The standard InChI is InChI=1S/C19H37N3O3/c1-15-11-21(9-10-22(15)13-18(5,6)24)14-19(7-8-19)12-20-16(23)25-17(2,3)4/h15,24H,7-14H2,1-6H3,(H,20,23)/t15-/m0/s1. The van der Waals surface area contributed by atoms with E-state index in [1.807, 2.05) is 34.6 Å². The van der Waals surface area contributed by atoms with Crippen LogP contribution in [0.5, 0.6) is 0 Å². The number of nitrogens with zero attached hydrogens (tertiary/aromatic N) is 2. The first kappa shape index (κ1) is 20.5. The third kappa shape index (κ3) is 7.12. The van der Waals surface area contributed by atoms with Gasteiger partial charge in [-0.1, -0.05) is 0 Å². The number of β-amino-alcohol motifs (C(OH)–C–C–N with tert-alkyl or cyclic N) is 1. The van der Waals surface area contributed by atoms with Gasteiger partial charge in [-0.25, -0.2) is 4.79 Å². The number of piperazine rings is 1. The average Bonchev–Trinajstić information content (AvgIpc) is 3.17. The molecule has 0 radical (unpaired) electrons. The number of aliphatic hydroxyl groups is 1. The normalized spacial score (nSPS) is 24.8. The zero-order valence-electron chi connectivity index (χ0n) is 16.9. The summed E-state index contributed by atoms with van der Waals surface area (Å²) in [6.07, 6.45) is 2.02. The van der Waals surface area contributed by atoms with E-state index in [-0.39, 0.29) is 11.5 Å². The largest absolute Gasteiger partial charge is 0.444 e. The van der Waals surface area contributed by atoms with E-state index < -0.39 is 11.2 Å². The maximum atomic E-state index is 11.9. The first-order chi connectivity index (χ1) is 11.4. The van der Waals surface area contributed by atoms with Gasteiger partial charge in [-0.2, -0.15) is 0 Å². The van der Waals surface area contributed by atoms with Crippen molar-refractivity contribution in [2.24, 2.45) is 5.41 Å². The van der Waals surface area contributed by atoms with Gasteiger partial charge in [-0.15, -0.1) is 0 Å². The van der Waals surface area contributed by atoms with Crippen LogP contribution < -0.4 is 5.32 Å². The Labute approximate surface area is 152 Å². The highest BCUT2D eigenvalue weighted by Crippen LogP contribution is 2.46. The minimum Gasteiger partial charge on any atom is -0.444 e. The molecule has 0 bridgehead atoms. The topological polar surface area (TPSA) is 65.0 Å². The van der Waals surface area contributed by atoms with Crippen molar-refractivity contribution >= 4 is 6.09 Å². The molecule has 0 aromatic carbocycles. The molecule has 6 heteroatoms. The molecule has 25 heavy (non-hydrogen) atoms. The summed E-state index contributed by atoms with van der Waals surface area (Å²) >= 11 is 0. The number of amides is 1. The van der Waals surface area contributed by atoms with Gasteiger partial charge in [0.15, 0.2) is 0 Å². The van der Waals surface area contributed by atoms with Gasteiger partial charge < -0.3 is 15.2 Å². The molecule has 2 rings (SSSR count). The van der Waals surface area contributed by atoms with E-state index in [4.69, 9.17) is 4.74 Å². The molecule has 2 aliphatic rings. The molecule has 1 heterocycles. The smallest absolute Gasteiger partial charge is 0.407 e. The lowest BCUT2D eigenvalue weighted by Gasteiger charge is -2.43. The molecule has 1 amide bonds. The Morgan fingerprint density at radius 2 is 1.88 bits per heavy atom. The zero-order chi connectivity index (χ0) is 18.9. The summed E-state index contributed by atoms with van der Waals surface area (Å²) in [5.74, 6) is 0. The summed E-state index contributed by atoms with van der Waals surface area (Å²) in [5, 5.41) is 13.0. The van der Waals surface area contributed by atoms with Crippen molar-refractivity contribution in [3.8, 4) is 0 Å². The second-order valence-electron chi connectivity index (χ2n) is 9.72. The fraction of sp³-hybridized carbons (Fsp3) is 0.947. The van der Waals surface area contributed by atoms with Crippen LogP contribution in [0.3, 0.4) is 0 Å². The van der Waals surface area contributed by atoms with Crippen LogP contribution in [0.25, 0.3) is 0 Å². The van der Waals surface area contributed by atoms with Crippen molar-refractivity contribution in [2.75, 3.05) is 39.3 Å². The van der Waals surface area contributed by atoms with Gasteiger partial charge in [-0.3, -0.25) is 9.80 Å². The third-order valence-corrected chi connectivity index (χ3v) is 4.96. The first-order valence-electron chi connectivity index (χ1n) is 9.53. The van der Waals surface area contributed by atoms with Crippen LogP contribution in [-0.4, -0.2) is 77.5 Å². The SMILES string of the molecule is C[C@H]1CN(CC2(CNC(=O)OC(C)(C)C)CC2)CCN1CC(C)(C)O. The molecule has 1 saturated carbocycles. The summed E-state index contributed by atoms with van der Waals surface area (Å²) in [5.41, 5.74) is -0.881. The number of hydrogen-bond donors (Lipinski definition) is 2. The minimum atomic E-state index is -0.647. The molecule has 6 nitrogen and oxygen atoms in total. The highest BCUT2D eigenvalue weighted by Gasteiger charge is 2.45. The van der Waals surface area contributed by atoms with Crippen LogP contribution in [0.4, 0.5) is 4.79 Å². The van der Waals surface area contributed by atoms with Crippen molar-refractivity contribution in [2.45, 2.75) is 71.6 Å². The van der Waals surface area contributed by atoms with E-state index in [1.54, 1.807) is 0 Å². The first-order valence-corrected chi connectivity index (χ1v) is 9.53. The van der Waals surface area contributed by atoms with Crippen molar-refractivity contribution < 1.29 is 14.6 Å². The van der Waals surface area contributed by atoms with E-state index in [9.17, 15) is 9.90 Å². The van der Waals surface area contributed by atoms with Crippen LogP contribution in [0, 0.1) is 5.41 Å². The highest BCUT2D eigenvalue weighted by molar-refractivity contribution is 5.67. The van der Waals surface area contributed by atoms with E-state index in [2.05, 4.69) is 22.0 Å². The summed E-state index contributed by atoms with van der Waals surface area (Å²) in [6.45, 7) is 17.1. The van der Waals surface area contributed by atoms with Gasteiger partial charge in [0.1, 0.15) is 5.60 Å². The molecule has 1 atom stereocenters. The van der Waals surface area contributed by atoms with Crippen molar-refractivity contribution in [1.82, 2.24) is 15.1 Å². The van der Waals surface area contributed by atoms with Crippen LogP contribution in [-0.2, 0) is 4.74 Å². The maximum Gasteiger partial charge on any atom is 0.407 e. The zero-order valence-corrected chi connectivity index (χ0v) is 16.9. The van der Waals surface area contributed by atoms with Gasteiger partial charge in [0.05, 0.1) is 5.60 Å². The van der Waals surface area contributed by atoms with Gasteiger partial charge in [0, 0.05) is 50.7 Å². The summed E-state index contributed by atoms with van der Waals surface area (Å²) < 4.78 is 5.33. The predicted molar refractivity (Wildman–Crippen MR) is 99.7 cm³/mol. The second kappa shape index (κ2) is 7.41. The summed E-state index contributed by atoms with van der Waals surface area (Å²) in [4.78, 5) is 16.8. The van der Waals surface area contributed by atoms with Crippen LogP contribution >= 0.6 is 0 Å². The number of hydrogen-bond acceptors (Lipinski definition) is 5. The Hall–Kier alpha value is -0.850. The Kier molecular flexibility index (Phi) is 6.07. The van der Waals surface area contributed by atoms with E-state index in [0.717, 1.165) is 26.2 Å². The quantitative estimate of drug-likeness (QED) is 0.764. The Morgan fingerprint density at radius 3 is 2.36 bits per heavy atom. The van der Waals surface area contributed by atoms with E-state index >= 15 is 0 Å². The highest BCUT2D eigenvalue weighted by atomic mass is 16.6. The number of ether oxygens (including phenoxy) is 1. The van der Waals surface area contributed by atoms with Gasteiger partial charge in [0.25, 0.3) is 0 Å². The van der Waals surface area contributed by atoms with Crippen molar-refractivity contribution in [1.29, 1.82) is 0 Å². The average molecular weight is 356 g/mol. The fourth-order valence-electron chi connectivity index (χ4n) is 3.56. The molecule has 2 N–H and O–H groups in total. The molecule has 0 spiro atoms. The molecular weight excluding hydrogens is 318 g/mol. The van der Waals surface area contributed by atoms with Gasteiger partial charge in [-0.05, 0) is 54.4 Å². The Bertz CT molecular complexity index is 464. The Balaban J connectivity index is 1.76. The molecule has 146 valence electrons. The molecule has 1 saturated heterocycles. The molecule has 1 aliphatic carbocycles. The van der Waals surface area contributed by atoms with E-state index in [0.29, 0.717) is 19.1 Å². The number of carbonyl (C=O) groups excluding carboxylic acids is 1. The molecule has 2 fully saturated rings. The monoisotopic (exact) mass is 355 g/mol. The predicted octanol–water partition coefficient (Wildman–Crippen LogP) is 2.07. The van der Waals surface area contributed by atoms with Gasteiger partial charge in [0.2, 0.25) is 0 Å². The number of nitrogens with one attached hydrogen (secondary N) is 1. The summed E-state index contributed by atoms with van der Waals surface area (Å²) in [6, 6.07) is 0.440. The molecule has 0 unspecified atom stereocenters. The molecular formula is C19H37N3O3. The van der Waals surface area contributed by atoms with Crippen LogP contribution in [0.2, 0.25) is 0 Å². The maximum absolute atomic E-state index is 11.9. The van der Waals surface area contributed by atoms with Crippen LogP contribution in [0.1, 0.15) is 54.4 Å². The number of carbonyl (C=O) groups is 1. The minimum absolute atomic E-state index is 0.217. The van der Waals surface area contributed by atoms with Crippen LogP contribution in [0.15, 0.2) is 0 Å². The fourth-order valence-corrected chi connectivity index (χ4v) is 3.56. The molecule has 0 aromatic rings. The summed E-state index contributed by atoms with van der Waals surface area (Å²) in [7, 11) is 0. The molecule has 1 aliphatic heterocycles. The second-order valence-corrected chi connectivity index (χ2v) is 9.72. The van der Waals surface area contributed by atoms with Crippen molar-refractivity contribution in [3.63, 3.8) is 0 Å². The molecule has 0 aromatic heterocycles. The third-order valence-electron chi connectivity index (χ3n) is 4.96. The lowest BCUT2D eigenvalue weighted by atomic mass is 10.0. The van der Waals surface area contributed by atoms with Crippen molar-refractivity contribution in [3.05, 3.63) is 0 Å². The lowest BCUT2D eigenvalue weighted by molar-refractivity contribution is -0.00705. The number of alkyl carbamates (subject to hydrolysis) is 1. The number of rotatable bonds is 6. The Morgan fingerprint density at radius 1 is 1.24 bits per heavy atom. The van der Waals surface area contributed by atoms with E-state index in [1.165, 1.54) is 12.8 Å². The lowest BCUT2D eigenvalue weighted by Crippen LogP contribution is -2.56.